The maximum Gasteiger partial charge on any atom is 0.337 e. The largest absolute Gasteiger partial charge is 0.465 e. The summed E-state index contributed by atoms with van der Waals surface area (Å²) < 4.78 is 11.4. The van der Waals surface area contributed by atoms with Crippen LogP contribution in [0.5, 0.6) is 0 Å². The van der Waals surface area contributed by atoms with Gasteiger partial charge in [0.25, 0.3) is 0 Å². The molecule has 2 aliphatic rings. The molecule has 1 N–H and O–H groups in total. The summed E-state index contributed by atoms with van der Waals surface area (Å²) >= 11 is 1.68. The fourth-order valence-electron chi connectivity index (χ4n) is 4.21. The lowest BCUT2D eigenvalue weighted by molar-refractivity contribution is -0.143. The Morgan fingerprint density at radius 3 is 2.66 bits per heavy atom. The number of hydrogen-bond donors (Lipinski definition) is 1. The highest BCUT2D eigenvalue weighted by molar-refractivity contribution is 7.10. The topological polar surface area (TPSA) is 68.5 Å². The molecule has 152 valence electrons. The van der Waals surface area contributed by atoms with Crippen molar-refractivity contribution in [3.8, 4) is 0 Å². The van der Waals surface area contributed by atoms with Gasteiger partial charge in [0.1, 0.15) is 11.5 Å². The first-order valence-corrected chi connectivity index (χ1v) is 10.8. The van der Waals surface area contributed by atoms with Gasteiger partial charge in [-0.15, -0.1) is 11.3 Å². The average molecular weight is 412 g/mol. The van der Waals surface area contributed by atoms with Gasteiger partial charge in [0.2, 0.25) is 0 Å². The van der Waals surface area contributed by atoms with E-state index in [4.69, 9.17) is 9.15 Å². The summed E-state index contributed by atoms with van der Waals surface area (Å²) in [6, 6.07) is 7.81. The molecule has 0 radical (unpaired) electrons. The Labute approximate surface area is 174 Å². The molecule has 1 aliphatic heterocycles. The molecule has 0 spiro atoms. The lowest BCUT2D eigenvalue weighted by Gasteiger charge is -2.35. The summed E-state index contributed by atoms with van der Waals surface area (Å²) in [6.07, 6.45) is 0.923. The van der Waals surface area contributed by atoms with Gasteiger partial charge in [0.05, 0.1) is 17.6 Å². The molecule has 0 fully saturated rings. The first-order valence-electron chi connectivity index (χ1n) is 9.90. The van der Waals surface area contributed by atoms with Crippen molar-refractivity contribution in [1.82, 2.24) is 5.32 Å². The number of thiophene rings is 1. The molecule has 29 heavy (non-hydrogen) atoms. The Morgan fingerprint density at radius 2 is 2.03 bits per heavy atom. The number of carbonyl (C=O) groups is 2. The third-order valence-electron chi connectivity index (χ3n) is 5.38. The van der Waals surface area contributed by atoms with Crippen LogP contribution < -0.4 is 5.32 Å². The van der Waals surface area contributed by atoms with E-state index < -0.39 is 11.9 Å². The van der Waals surface area contributed by atoms with Crippen LogP contribution in [0.4, 0.5) is 0 Å². The number of dihydropyridines is 1. The lowest BCUT2D eigenvalue weighted by Crippen LogP contribution is -2.36. The van der Waals surface area contributed by atoms with Crippen molar-refractivity contribution < 1.29 is 18.7 Å². The highest BCUT2D eigenvalue weighted by Gasteiger charge is 2.43. The van der Waals surface area contributed by atoms with Gasteiger partial charge in [0, 0.05) is 34.2 Å². The van der Waals surface area contributed by atoms with Crippen molar-refractivity contribution in [2.45, 2.75) is 58.5 Å². The van der Waals surface area contributed by atoms with Crippen molar-refractivity contribution >= 4 is 23.1 Å². The summed E-state index contributed by atoms with van der Waals surface area (Å²) in [4.78, 5) is 27.5. The van der Waals surface area contributed by atoms with Crippen molar-refractivity contribution in [2.24, 2.45) is 0 Å². The summed E-state index contributed by atoms with van der Waals surface area (Å²) in [5, 5.41) is 5.39. The van der Waals surface area contributed by atoms with Crippen LogP contribution in [0.3, 0.4) is 0 Å². The van der Waals surface area contributed by atoms with E-state index in [1.165, 1.54) is 4.88 Å². The Morgan fingerprint density at radius 1 is 1.24 bits per heavy atom. The second-order valence-electron chi connectivity index (χ2n) is 7.94. The first kappa shape index (κ1) is 19.7. The van der Waals surface area contributed by atoms with Crippen molar-refractivity contribution in [3.63, 3.8) is 0 Å². The van der Waals surface area contributed by atoms with E-state index in [1.807, 2.05) is 51.3 Å². The number of esters is 1. The number of ether oxygens (including phenoxy) is 1. The first-order chi connectivity index (χ1) is 13.8. The minimum absolute atomic E-state index is 0.0542. The van der Waals surface area contributed by atoms with Crippen LogP contribution in [0, 0.1) is 6.92 Å². The van der Waals surface area contributed by atoms with Crippen molar-refractivity contribution in [3.05, 3.63) is 68.6 Å². The van der Waals surface area contributed by atoms with Crippen LogP contribution in [0.1, 0.15) is 61.8 Å². The molecule has 2 atom stereocenters. The predicted molar refractivity (Wildman–Crippen MR) is 112 cm³/mol. The molecule has 2 unspecified atom stereocenters. The minimum Gasteiger partial charge on any atom is -0.465 e. The standard InChI is InChI=1S/C23H25NO4S/c1-12(2)27-23(26)20-14(4)24-16-10-15(19-6-5-9-29-19)11-17(25)21(16)22(20)18-8-7-13(3)28-18/h5-9,12,15,22,24H,10-11H2,1-4H3. The Kier molecular flexibility index (Phi) is 5.21. The normalized spacial score (nSPS) is 22.0. The molecule has 0 saturated heterocycles. The van der Waals surface area contributed by atoms with Crippen LogP contribution in [0.2, 0.25) is 0 Å². The fourth-order valence-corrected chi connectivity index (χ4v) is 5.04. The van der Waals surface area contributed by atoms with E-state index in [2.05, 4.69) is 11.4 Å². The van der Waals surface area contributed by atoms with E-state index >= 15 is 0 Å². The van der Waals surface area contributed by atoms with Gasteiger partial charge < -0.3 is 14.5 Å². The fraction of sp³-hybridized carbons (Fsp3) is 0.391. The lowest BCUT2D eigenvalue weighted by atomic mass is 9.74. The molecule has 0 aromatic carbocycles. The maximum absolute atomic E-state index is 13.3. The van der Waals surface area contributed by atoms with E-state index in [-0.39, 0.29) is 17.8 Å². The quantitative estimate of drug-likeness (QED) is 0.720. The van der Waals surface area contributed by atoms with Crippen LogP contribution in [-0.2, 0) is 14.3 Å². The van der Waals surface area contributed by atoms with Crippen LogP contribution in [0.15, 0.2) is 56.6 Å². The number of ketones is 1. The Hall–Kier alpha value is -2.60. The van der Waals surface area contributed by atoms with E-state index in [9.17, 15) is 9.59 Å². The predicted octanol–water partition coefficient (Wildman–Crippen LogP) is 4.96. The summed E-state index contributed by atoms with van der Waals surface area (Å²) in [5.41, 5.74) is 2.69. The second-order valence-corrected chi connectivity index (χ2v) is 8.91. The molecular formula is C23H25NO4S. The average Bonchev–Trinajstić information content (AvgIpc) is 3.31. The zero-order valence-corrected chi connectivity index (χ0v) is 17.9. The molecule has 0 bridgehead atoms. The van der Waals surface area contributed by atoms with Gasteiger partial charge in [-0.2, -0.15) is 0 Å². The molecule has 2 aromatic heterocycles. The van der Waals surface area contributed by atoms with Gasteiger partial charge >= 0.3 is 5.97 Å². The highest BCUT2D eigenvalue weighted by Crippen LogP contribution is 2.46. The van der Waals surface area contributed by atoms with Crippen LogP contribution >= 0.6 is 11.3 Å². The molecule has 6 heteroatoms. The number of nitrogens with one attached hydrogen (secondary N) is 1. The molecule has 4 rings (SSSR count). The number of furan rings is 1. The number of allylic oxidation sites excluding steroid dienone is 3. The third-order valence-corrected chi connectivity index (χ3v) is 6.42. The van der Waals surface area contributed by atoms with Gasteiger partial charge in [0.15, 0.2) is 5.78 Å². The summed E-state index contributed by atoms with van der Waals surface area (Å²) in [6.45, 7) is 7.36. The van der Waals surface area contributed by atoms with E-state index in [1.54, 1.807) is 11.3 Å². The van der Waals surface area contributed by atoms with Crippen LogP contribution in [-0.4, -0.2) is 17.9 Å². The third kappa shape index (κ3) is 3.69. The highest BCUT2D eigenvalue weighted by atomic mass is 32.1. The minimum atomic E-state index is -0.539. The molecule has 0 amide bonds. The molecule has 5 nitrogen and oxygen atoms in total. The zero-order valence-electron chi connectivity index (χ0n) is 17.1. The second kappa shape index (κ2) is 7.67. The van der Waals surface area contributed by atoms with Gasteiger partial charge in [-0.25, -0.2) is 4.79 Å². The van der Waals surface area contributed by atoms with Gasteiger partial charge in [-0.05, 0) is 57.7 Å². The summed E-state index contributed by atoms with van der Waals surface area (Å²) in [5.74, 6) is 0.610. The van der Waals surface area contributed by atoms with Gasteiger partial charge in [-0.3, -0.25) is 4.79 Å². The van der Waals surface area contributed by atoms with E-state index in [0.717, 1.165) is 17.9 Å². The van der Waals surface area contributed by atoms with Crippen LogP contribution in [0.25, 0.3) is 0 Å². The SMILES string of the molecule is CC1=C(C(=O)OC(C)C)C(c2ccc(C)o2)C2=C(CC(c3cccs3)CC2=O)N1. The number of carbonyl (C=O) groups excluding carboxylic acids is 2. The molecule has 3 heterocycles. The van der Waals surface area contributed by atoms with Crippen molar-refractivity contribution in [1.29, 1.82) is 0 Å². The zero-order chi connectivity index (χ0) is 20.7. The monoisotopic (exact) mass is 411 g/mol. The van der Waals surface area contributed by atoms with Gasteiger partial charge in [-0.1, -0.05) is 6.07 Å². The number of rotatable bonds is 4. The molecular weight excluding hydrogens is 386 g/mol. The Bertz CT molecular complexity index is 1010. The Balaban J connectivity index is 1.79. The number of aryl methyl sites for hydroxylation is 1. The summed E-state index contributed by atoms with van der Waals surface area (Å²) in [7, 11) is 0. The molecule has 1 aliphatic carbocycles. The number of hydrogen-bond acceptors (Lipinski definition) is 6. The van der Waals surface area contributed by atoms with E-state index in [0.29, 0.717) is 29.0 Å². The number of Topliss-reactive ketones (excluding diaryl/α,β-unsaturated/α-hetero) is 1. The van der Waals surface area contributed by atoms with Crippen molar-refractivity contribution in [2.75, 3.05) is 0 Å². The molecule has 2 aromatic rings. The molecule has 0 saturated carbocycles. The smallest absolute Gasteiger partial charge is 0.337 e. The maximum atomic E-state index is 13.3.